The van der Waals surface area contributed by atoms with E-state index in [1.807, 2.05) is 23.2 Å². The zero-order valence-electron chi connectivity index (χ0n) is 17.4. The fraction of sp³-hybridized carbons (Fsp3) is 0.435. The second-order valence-electron chi connectivity index (χ2n) is 8.01. The number of para-hydroxylation sites is 1. The molecular weight excluding hydrogens is 364 g/mol. The van der Waals surface area contributed by atoms with Crippen LogP contribution in [-0.4, -0.2) is 46.5 Å². The van der Waals surface area contributed by atoms with E-state index in [1.54, 1.807) is 0 Å². The Labute approximate surface area is 171 Å². The zero-order valence-corrected chi connectivity index (χ0v) is 17.4. The van der Waals surface area contributed by atoms with Crippen LogP contribution in [0.5, 0.6) is 0 Å². The van der Waals surface area contributed by atoms with Crippen LogP contribution in [0.2, 0.25) is 0 Å². The lowest BCUT2D eigenvalue weighted by Gasteiger charge is -2.41. The third kappa shape index (κ3) is 4.11. The van der Waals surface area contributed by atoms with Gasteiger partial charge in [-0.1, -0.05) is 18.2 Å². The maximum absolute atomic E-state index is 12.8. The standard InChI is InChI=1S/C23H28N4O2/c1-16-12-17(2)23(24-13-16)26-10-11-27(18(3)14-26)21(28)9-5-7-19-6-4-8-20-22(19)29-15-25-20/h4,6,8,12-13,15,18H,5,7,9-11,14H2,1-3H3/t18-/m0/s1. The van der Waals surface area contributed by atoms with Crippen molar-refractivity contribution in [1.82, 2.24) is 14.9 Å². The van der Waals surface area contributed by atoms with E-state index in [2.05, 4.69) is 47.8 Å². The van der Waals surface area contributed by atoms with Crippen molar-refractivity contribution in [3.05, 3.63) is 53.5 Å². The average Bonchev–Trinajstić information content (AvgIpc) is 3.17. The van der Waals surface area contributed by atoms with E-state index in [9.17, 15) is 4.79 Å². The largest absolute Gasteiger partial charge is 0.443 e. The van der Waals surface area contributed by atoms with Crippen molar-refractivity contribution < 1.29 is 9.21 Å². The van der Waals surface area contributed by atoms with Crippen LogP contribution in [0.1, 0.15) is 36.5 Å². The van der Waals surface area contributed by atoms with Gasteiger partial charge in [0.2, 0.25) is 5.91 Å². The number of nitrogens with zero attached hydrogens (tertiary/aromatic N) is 4. The molecule has 1 atom stereocenters. The first kappa shape index (κ1) is 19.4. The van der Waals surface area contributed by atoms with Gasteiger partial charge in [-0.15, -0.1) is 0 Å². The summed E-state index contributed by atoms with van der Waals surface area (Å²) in [6.45, 7) is 8.68. The van der Waals surface area contributed by atoms with Crippen LogP contribution >= 0.6 is 0 Å². The second-order valence-corrected chi connectivity index (χ2v) is 8.01. The molecule has 152 valence electrons. The van der Waals surface area contributed by atoms with E-state index in [4.69, 9.17) is 4.42 Å². The van der Waals surface area contributed by atoms with Crippen LogP contribution in [0.25, 0.3) is 11.1 Å². The third-order valence-corrected chi connectivity index (χ3v) is 5.71. The molecule has 6 nitrogen and oxygen atoms in total. The molecule has 3 aromatic rings. The van der Waals surface area contributed by atoms with Crippen molar-refractivity contribution in [1.29, 1.82) is 0 Å². The molecule has 0 saturated carbocycles. The molecular formula is C23H28N4O2. The van der Waals surface area contributed by atoms with Crippen molar-refractivity contribution in [2.75, 3.05) is 24.5 Å². The summed E-state index contributed by atoms with van der Waals surface area (Å²) in [6, 6.07) is 8.33. The number of carbonyl (C=O) groups excluding carboxylic acids is 1. The molecule has 0 bridgehead atoms. The molecule has 1 amide bonds. The molecule has 0 spiro atoms. The highest BCUT2D eigenvalue weighted by molar-refractivity contribution is 5.78. The summed E-state index contributed by atoms with van der Waals surface area (Å²) in [5, 5.41) is 0. The number of carbonyl (C=O) groups is 1. The van der Waals surface area contributed by atoms with Gasteiger partial charge in [0.15, 0.2) is 12.0 Å². The number of fused-ring (bicyclic) bond motifs is 1. The number of amides is 1. The first-order chi connectivity index (χ1) is 14.0. The number of benzene rings is 1. The lowest BCUT2D eigenvalue weighted by Crippen LogP contribution is -2.54. The Morgan fingerprint density at radius 3 is 2.90 bits per heavy atom. The molecule has 1 aromatic carbocycles. The Morgan fingerprint density at radius 1 is 1.24 bits per heavy atom. The summed E-state index contributed by atoms with van der Waals surface area (Å²) in [5.41, 5.74) is 5.20. The van der Waals surface area contributed by atoms with Crippen LogP contribution < -0.4 is 4.90 Å². The first-order valence-electron chi connectivity index (χ1n) is 10.3. The van der Waals surface area contributed by atoms with E-state index in [0.29, 0.717) is 6.42 Å². The fourth-order valence-corrected chi connectivity index (χ4v) is 4.28. The number of hydrogen-bond donors (Lipinski definition) is 0. The highest BCUT2D eigenvalue weighted by Gasteiger charge is 2.28. The number of anilines is 1. The van der Waals surface area contributed by atoms with Crippen molar-refractivity contribution >= 4 is 22.8 Å². The van der Waals surface area contributed by atoms with Gasteiger partial charge in [-0.3, -0.25) is 4.79 Å². The molecule has 1 saturated heterocycles. The van der Waals surface area contributed by atoms with Gasteiger partial charge >= 0.3 is 0 Å². The van der Waals surface area contributed by atoms with Gasteiger partial charge in [-0.25, -0.2) is 9.97 Å². The molecule has 6 heteroatoms. The molecule has 0 aliphatic carbocycles. The molecule has 1 aliphatic heterocycles. The van der Waals surface area contributed by atoms with E-state index in [1.165, 1.54) is 17.5 Å². The van der Waals surface area contributed by atoms with Crippen molar-refractivity contribution in [2.45, 2.75) is 46.1 Å². The maximum Gasteiger partial charge on any atom is 0.222 e. The molecule has 0 radical (unpaired) electrons. The highest BCUT2D eigenvalue weighted by Crippen LogP contribution is 2.23. The van der Waals surface area contributed by atoms with Gasteiger partial charge in [0.05, 0.1) is 0 Å². The summed E-state index contributed by atoms with van der Waals surface area (Å²) < 4.78 is 5.49. The monoisotopic (exact) mass is 392 g/mol. The molecule has 0 unspecified atom stereocenters. The lowest BCUT2D eigenvalue weighted by molar-refractivity contribution is -0.133. The molecule has 0 N–H and O–H groups in total. The summed E-state index contributed by atoms with van der Waals surface area (Å²) in [4.78, 5) is 26.0. The van der Waals surface area contributed by atoms with Crippen LogP contribution in [0.3, 0.4) is 0 Å². The quantitative estimate of drug-likeness (QED) is 0.659. The van der Waals surface area contributed by atoms with Crippen LogP contribution in [-0.2, 0) is 11.2 Å². The minimum Gasteiger partial charge on any atom is -0.443 e. The SMILES string of the molecule is Cc1cnc(N2CCN(C(=O)CCCc3cccc4ncoc34)[C@@H](C)C2)c(C)c1. The van der Waals surface area contributed by atoms with E-state index < -0.39 is 0 Å². The van der Waals surface area contributed by atoms with Gasteiger partial charge in [-0.05, 0) is 56.4 Å². The van der Waals surface area contributed by atoms with Crippen molar-refractivity contribution in [2.24, 2.45) is 0 Å². The highest BCUT2D eigenvalue weighted by atomic mass is 16.3. The number of pyridine rings is 1. The molecule has 2 aromatic heterocycles. The van der Waals surface area contributed by atoms with Crippen LogP contribution in [0.4, 0.5) is 5.82 Å². The molecule has 29 heavy (non-hydrogen) atoms. The predicted octanol–water partition coefficient (Wildman–Crippen LogP) is 3.90. The normalized spacial score (nSPS) is 17.1. The number of oxazole rings is 1. The number of rotatable bonds is 5. The molecule has 1 fully saturated rings. The van der Waals surface area contributed by atoms with Gasteiger partial charge < -0.3 is 14.2 Å². The number of aryl methyl sites for hydroxylation is 3. The van der Waals surface area contributed by atoms with Crippen molar-refractivity contribution in [3.63, 3.8) is 0 Å². The Balaban J connectivity index is 1.32. The smallest absolute Gasteiger partial charge is 0.222 e. The topological polar surface area (TPSA) is 62.5 Å². The Morgan fingerprint density at radius 2 is 2.10 bits per heavy atom. The third-order valence-electron chi connectivity index (χ3n) is 5.71. The van der Waals surface area contributed by atoms with Gasteiger partial charge in [-0.2, -0.15) is 0 Å². The first-order valence-corrected chi connectivity index (χ1v) is 10.3. The summed E-state index contributed by atoms with van der Waals surface area (Å²) in [6.07, 6.45) is 5.57. The average molecular weight is 393 g/mol. The predicted molar refractivity (Wildman–Crippen MR) is 114 cm³/mol. The van der Waals surface area contributed by atoms with E-state index in [0.717, 1.165) is 55.0 Å². The van der Waals surface area contributed by atoms with Gasteiger partial charge in [0.25, 0.3) is 0 Å². The Bertz CT molecular complexity index is 1010. The fourth-order valence-electron chi connectivity index (χ4n) is 4.28. The van der Waals surface area contributed by atoms with Crippen molar-refractivity contribution in [3.8, 4) is 0 Å². The maximum atomic E-state index is 12.8. The minimum absolute atomic E-state index is 0.177. The van der Waals surface area contributed by atoms with E-state index in [-0.39, 0.29) is 11.9 Å². The van der Waals surface area contributed by atoms with E-state index >= 15 is 0 Å². The number of piperazine rings is 1. The second kappa shape index (κ2) is 8.23. The summed E-state index contributed by atoms with van der Waals surface area (Å²) in [7, 11) is 0. The number of aromatic nitrogens is 2. The molecule has 4 rings (SSSR count). The lowest BCUT2D eigenvalue weighted by atomic mass is 10.1. The minimum atomic E-state index is 0.177. The summed E-state index contributed by atoms with van der Waals surface area (Å²) >= 11 is 0. The molecule has 3 heterocycles. The van der Waals surface area contributed by atoms with Crippen LogP contribution in [0, 0.1) is 13.8 Å². The zero-order chi connectivity index (χ0) is 20.4. The Kier molecular flexibility index (Phi) is 5.51. The van der Waals surface area contributed by atoms with Gasteiger partial charge in [0, 0.05) is 38.3 Å². The summed E-state index contributed by atoms with van der Waals surface area (Å²) in [5.74, 6) is 1.27. The van der Waals surface area contributed by atoms with Gasteiger partial charge in [0.1, 0.15) is 11.3 Å². The van der Waals surface area contributed by atoms with Crippen LogP contribution in [0.15, 0.2) is 41.3 Å². The number of hydrogen-bond acceptors (Lipinski definition) is 5. The Hall–Kier alpha value is -2.89. The molecule has 1 aliphatic rings.